The Morgan fingerprint density at radius 2 is 0.892 bits per heavy atom. The molecule has 0 aliphatic carbocycles. The van der Waals surface area contributed by atoms with Gasteiger partial charge in [0.2, 0.25) is 0 Å². The van der Waals surface area contributed by atoms with Crippen LogP contribution in [-0.4, -0.2) is 121 Å². The Balaban J connectivity index is -0.000000274. The minimum Gasteiger partial charge on any atom is -0.670 e. The van der Waals surface area contributed by atoms with Crippen molar-refractivity contribution >= 4 is 41.0 Å². The average molecular weight is 925 g/mol. The molecule has 0 bridgehead atoms. The maximum Gasteiger partial charge on any atom is 2.00 e. The van der Waals surface area contributed by atoms with Gasteiger partial charge in [0.05, 0.1) is 43.2 Å². The van der Waals surface area contributed by atoms with Gasteiger partial charge in [0, 0.05) is 17.9 Å². The third kappa shape index (κ3) is 62.4. The molecule has 0 radical (unpaired) electrons. The first kappa shape index (κ1) is 70.3. The molecular formula is C50H80MgN2O12-2. The second kappa shape index (κ2) is 52.9. The zero-order chi connectivity index (χ0) is 49.4. The van der Waals surface area contributed by atoms with Gasteiger partial charge < -0.3 is 78.7 Å². The van der Waals surface area contributed by atoms with Crippen LogP contribution >= 0.6 is 0 Å². The molecule has 0 saturated carbocycles. The van der Waals surface area contributed by atoms with E-state index in [0.717, 1.165) is 38.6 Å². The third-order valence-corrected chi connectivity index (χ3v) is 8.23. The molecule has 0 spiro atoms. The zero-order valence-corrected chi connectivity index (χ0v) is 40.7. The van der Waals surface area contributed by atoms with Crippen LogP contribution in [0.1, 0.15) is 111 Å². The number of hydrogen-bond acceptors (Lipinski definition) is 12. The summed E-state index contributed by atoms with van der Waals surface area (Å²) in [5, 5.41) is 87.0. The van der Waals surface area contributed by atoms with E-state index >= 15 is 0 Å². The molecule has 0 rings (SSSR count). The van der Waals surface area contributed by atoms with Crippen LogP contribution in [0.25, 0.3) is 5.73 Å². The summed E-state index contributed by atoms with van der Waals surface area (Å²) >= 11 is 0. The normalized spacial score (nSPS) is 15.8. The van der Waals surface area contributed by atoms with Gasteiger partial charge in [0.1, 0.15) is 0 Å². The molecule has 0 aromatic carbocycles. The molecule has 0 fully saturated rings. The number of nitrogens with one attached hydrogen (secondary N) is 1. The fourth-order valence-electron chi connectivity index (χ4n) is 4.18. The predicted octanol–water partition coefficient (Wildman–Crippen LogP) is 2.81. The Morgan fingerprint density at radius 3 is 1.22 bits per heavy atom. The quantitative estimate of drug-likeness (QED) is 0.0229. The maximum absolute atomic E-state index is 10.2. The van der Waals surface area contributed by atoms with E-state index in [1.165, 1.54) is 6.92 Å². The van der Waals surface area contributed by atoms with Crippen LogP contribution in [0.3, 0.4) is 0 Å². The van der Waals surface area contributed by atoms with E-state index in [-0.39, 0.29) is 35.6 Å². The summed E-state index contributed by atoms with van der Waals surface area (Å²) in [6.07, 6.45) is 40.5. The first-order valence-corrected chi connectivity index (χ1v) is 22.1. The number of aliphatic hydroxyl groups excluding tert-OH is 6. The molecule has 0 amide bonds. The standard InChI is InChI=1S/C20H30O5.C20H32O3.C7H14NO2.C3H6NO2.Mg/c1-2-17(21)11-8-5-9-14-18(22)12-6-3-4-7-13-19(23)15-10-16-20(24)25;1-3-5-13-19(22)15-9-6-7-10-16-20(23)17-12-8-11-14-18(21)4-2;1-6(7(9)10)4-2-3-5-8;1-2(4)3(5)6;/h3-9,11-13,17-19,21-23H,2,10,14-16H2,1H3,(H,24,25);6-12,14-16,18-23H,3-5,13,17H2,1-2H3;6H,1-5,8H2,(H,9,10);2,4H,1H3,(H,5,6);/q;;2*-1;+2/p-2/b4-3+,9-5-,11-8+,12-6+,13-7-;7-6+,12-8-,14-11+,15-9-,16-10+;;;/t17-,18+,19-;18-,19+,20+;6-;2-;/m1100./s1. The van der Waals surface area contributed by atoms with Crippen LogP contribution in [0.15, 0.2) is 122 Å². The van der Waals surface area contributed by atoms with E-state index in [9.17, 15) is 60.3 Å². The number of carboxylic acids is 3. The molecule has 0 aliphatic heterocycles. The SMILES string of the molecule is CCCC[C@H](O)\C=C/C=C/C=C/[C@H](O)C/C=C\C=C\[C@H](O)CC.CC[C@@H](O)/C=C/C=C\C[C@@H](O)/C=C/C=C/C=C\[C@@H](O)CCCC(=O)[O-].C[C@H]([NH-])C(=O)[O-].[CH2-][C@@H](CCCC[NH3+])C(=O)[O-].[Mg+2]. The molecule has 14 nitrogen and oxygen atoms in total. The Labute approximate surface area is 405 Å². The molecule has 15 heteroatoms. The Hall–Kier alpha value is -3.74. The molecular weight excluding hydrogens is 845 g/mol. The fourth-order valence-corrected chi connectivity index (χ4v) is 4.18. The number of hydrogen-bond donors (Lipinski definition) is 7. The number of quaternary nitrogens is 1. The summed E-state index contributed by atoms with van der Waals surface area (Å²) in [6, 6.07) is -1.09. The molecule has 0 aromatic rings. The summed E-state index contributed by atoms with van der Waals surface area (Å²) in [7, 11) is 0. The van der Waals surface area contributed by atoms with E-state index in [0.29, 0.717) is 44.9 Å². The number of allylic oxidation sites excluding steroid dienone is 12. The zero-order valence-electron chi connectivity index (χ0n) is 39.3. The third-order valence-electron chi connectivity index (χ3n) is 8.23. The van der Waals surface area contributed by atoms with Crippen LogP contribution in [0.5, 0.6) is 0 Å². The smallest absolute Gasteiger partial charge is 0.670 e. The van der Waals surface area contributed by atoms with Gasteiger partial charge in [-0.05, 0) is 64.2 Å². The summed E-state index contributed by atoms with van der Waals surface area (Å²) in [4.78, 5) is 29.7. The Kier molecular flexibility index (Phi) is 57.2. The summed E-state index contributed by atoms with van der Waals surface area (Å²) in [5.74, 6) is -4.03. The first-order valence-electron chi connectivity index (χ1n) is 22.1. The second-order valence-electron chi connectivity index (χ2n) is 14.4. The number of carbonyl (C=O) groups excluding carboxylic acids is 3. The molecule has 0 aromatic heterocycles. The average Bonchev–Trinajstić information content (AvgIpc) is 3.25. The van der Waals surface area contributed by atoms with E-state index in [2.05, 4.69) is 19.6 Å². The second-order valence-corrected chi connectivity index (χ2v) is 14.4. The van der Waals surface area contributed by atoms with Gasteiger partial charge in [-0.3, -0.25) is 0 Å². The van der Waals surface area contributed by atoms with Crippen LogP contribution in [0.4, 0.5) is 0 Å². The van der Waals surface area contributed by atoms with Crippen molar-refractivity contribution in [2.45, 2.75) is 154 Å². The van der Waals surface area contributed by atoms with Gasteiger partial charge in [-0.15, -0.1) is 12.0 Å². The van der Waals surface area contributed by atoms with Crippen molar-refractivity contribution in [1.29, 1.82) is 0 Å². The maximum atomic E-state index is 10.2. The largest absolute Gasteiger partial charge is 2.00 e. The molecule has 0 unspecified atom stereocenters. The number of aliphatic carboxylic acids is 3. The van der Waals surface area contributed by atoms with Crippen LogP contribution < -0.4 is 21.1 Å². The topological polar surface area (TPSA) is 293 Å². The summed E-state index contributed by atoms with van der Waals surface area (Å²) < 4.78 is 0. The van der Waals surface area contributed by atoms with Crippen LogP contribution in [0.2, 0.25) is 0 Å². The number of rotatable bonds is 31. The fraction of sp³-hybridized carbons (Fsp3) is 0.520. The van der Waals surface area contributed by atoms with Crippen molar-refractivity contribution in [3.63, 3.8) is 0 Å². The first-order chi connectivity index (χ1) is 30.4. The van der Waals surface area contributed by atoms with Crippen LogP contribution in [0, 0.1) is 12.8 Å². The van der Waals surface area contributed by atoms with Crippen LogP contribution in [-0.2, 0) is 14.4 Å². The van der Waals surface area contributed by atoms with E-state index < -0.39 is 60.4 Å². The van der Waals surface area contributed by atoms with Gasteiger partial charge in [0.25, 0.3) is 0 Å². The van der Waals surface area contributed by atoms with Gasteiger partial charge in [-0.1, -0.05) is 168 Å². The van der Waals surface area contributed by atoms with Crippen molar-refractivity contribution < 1.29 is 66.1 Å². The molecule has 0 aliphatic rings. The Bertz CT molecular complexity index is 1440. The van der Waals surface area contributed by atoms with E-state index in [1.54, 1.807) is 85.1 Å². The van der Waals surface area contributed by atoms with Crippen molar-refractivity contribution in [1.82, 2.24) is 0 Å². The number of unbranched alkanes of at least 4 members (excludes halogenated alkanes) is 2. The number of carbonyl (C=O) groups is 3. The monoisotopic (exact) mass is 925 g/mol. The number of aliphatic hydroxyl groups is 6. The van der Waals surface area contributed by atoms with Crippen molar-refractivity contribution in [3.8, 4) is 0 Å². The van der Waals surface area contributed by atoms with Gasteiger partial charge >= 0.3 is 23.1 Å². The summed E-state index contributed by atoms with van der Waals surface area (Å²) in [5.41, 5.74) is 10.0. The van der Waals surface area contributed by atoms with Gasteiger partial charge in [-0.25, -0.2) is 0 Å². The van der Waals surface area contributed by atoms with Gasteiger partial charge in [0.15, 0.2) is 0 Å². The molecule has 0 heterocycles. The van der Waals surface area contributed by atoms with Gasteiger partial charge in [-0.2, -0.15) is 0 Å². The molecule has 65 heavy (non-hydrogen) atoms. The minimum absolute atomic E-state index is 0. The van der Waals surface area contributed by atoms with Crippen molar-refractivity contribution in [2.24, 2.45) is 5.92 Å². The summed E-state index contributed by atoms with van der Waals surface area (Å²) in [6.45, 7) is 11.5. The van der Waals surface area contributed by atoms with E-state index in [1.807, 2.05) is 50.3 Å². The molecule has 10 N–H and O–H groups in total. The molecule has 8 atom stereocenters. The van der Waals surface area contributed by atoms with E-state index in [4.69, 9.17) is 5.73 Å². The number of carboxylic acid groups (broad SMARTS) is 3. The predicted molar refractivity (Wildman–Crippen MR) is 256 cm³/mol. The van der Waals surface area contributed by atoms with Crippen molar-refractivity contribution in [3.05, 3.63) is 134 Å². The van der Waals surface area contributed by atoms with Crippen molar-refractivity contribution in [2.75, 3.05) is 6.54 Å². The molecule has 366 valence electrons. The minimum atomic E-state index is -1.32. The molecule has 0 saturated heterocycles. The Morgan fingerprint density at radius 1 is 0.538 bits per heavy atom.